The van der Waals surface area contributed by atoms with Gasteiger partial charge in [0, 0.05) is 23.5 Å². The van der Waals surface area contributed by atoms with E-state index in [-0.39, 0.29) is 6.04 Å². The highest BCUT2D eigenvalue weighted by atomic mass is 79.9. The molecule has 2 heterocycles. The first-order chi connectivity index (χ1) is 7.56. The zero-order valence-corrected chi connectivity index (χ0v) is 13.3. The number of thiophene rings is 1. The first-order valence-electron chi connectivity index (χ1n) is 4.67. The van der Waals surface area contributed by atoms with Crippen LogP contribution in [0.15, 0.2) is 19.0 Å². The van der Waals surface area contributed by atoms with Crippen LogP contribution in [-0.4, -0.2) is 4.98 Å². The van der Waals surface area contributed by atoms with Gasteiger partial charge >= 0.3 is 0 Å². The van der Waals surface area contributed by atoms with Crippen molar-refractivity contribution in [2.24, 2.45) is 5.73 Å². The molecule has 86 valence electrons. The Bertz CT molecular complexity index is 493. The van der Waals surface area contributed by atoms with Crippen LogP contribution in [0.3, 0.4) is 0 Å². The summed E-state index contributed by atoms with van der Waals surface area (Å²) in [6.07, 6.45) is 0.792. The molecule has 2 aromatic heterocycles. The van der Waals surface area contributed by atoms with Gasteiger partial charge in [0.05, 0.1) is 12.6 Å². The lowest BCUT2D eigenvalue weighted by Crippen LogP contribution is -2.12. The summed E-state index contributed by atoms with van der Waals surface area (Å²) in [7, 11) is 0. The second kappa shape index (κ2) is 5.27. The molecular weight excluding hydrogens is 372 g/mol. The summed E-state index contributed by atoms with van der Waals surface area (Å²) in [5.41, 5.74) is 8.38. The maximum atomic E-state index is 6.17. The number of nitrogens with zero attached hydrogens (tertiary/aromatic N) is 1. The van der Waals surface area contributed by atoms with E-state index in [0.717, 1.165) is 30.3 Å². The molecule has 0 bridgehead atoms. The van der Waals surface area contributed by atoms with Crippen LogP contribution in [0.2, 0.25) is 0 Å². The van der Waals surface area contributed by atoms with Gasteiger partial charge in [-0.1, -0.05) is 0 Å². The van der Waals surface area contributed by atoms with E-state index in [1.54, 1.807) is 22.7 Å². The van der Waals surface area contributed by atoms with Crippen LogP contribution in [0, 0.1) is 6.92 Å². The summed E-state index contributed by atoms with van der Waals surface area (Å²) in [5, 5.41) is 3.15. The fourth-order valence-corrected chi connectivity index (χ4v) is 5.23. The molecule has 0 saturated heterocycles. The standard InChI is InChI=1S/C10H10Br2N2S2/c1-5-4-15-9(14-5)3-7(13)6-2-8(11)16-10(6)12/h2,4,7H,3,13H2,1H3. The second-order valence-electron chi connectivity index (χ2n) is 3.47. The molecule has 2 aromatic rings. The smallest absolute Gasteiger partial charge is 0.0947 e. The summed E-state index contributed by atoms with van der Waals surface area (Å²) >= 11 is 10.3. The highest BCUT2D eigenvalue weighted by Crippen LogP contribution is 2.35. The van der Waals surface area contributed by atoms with E-state index in [0.29, 0.717) is 0 Å². The van der Waals surface area contributed by atoms with Gasteiger partial charge in [-0.25, -0.2) is 4.98 Å². The Kier molecular flexibility index (Phi) is 4.18. The number of aromatic nitrogens is 1. The maximum Gasteiger partial charge on any atom is 0.0947 e. The molecule has 0 spiro atoms. The quantitative estimate of drug-likeness (QED) is 0.861. The number of aryl methyl sites for hydroxylation is 1. The fourth-order valence-electron chi connectivity index (χ4n) is 1.40. The number of thiazole rings is 1. The molecule has 0 radical (unpaired) electrons. The molecular formula is C10H10Br2N2S2. The number of rotatable bonds is 3. The van der Waals surface area contributed by atoms with Crippen molar-refractivity contribution >= 4 is 54.5 Å². The first-order valence-corrected chi connectivity index (χ1v) is 7.96. The topological polar surface area (TPSA) is 38.9 Å². The molecule has 1 unspecified atom stereocenters. The summed E-state index contributed by atoms with van der Waals surface area (Å²) in [5.74, 6) is 0. The molecule has 0 amide bonds. The van der Waals surface area contributed by atoms with Crippen LogP contribution < -0.4 is 5.73 Å². The molecule has 2 N–H and O–H groups in total. The molecule has 2 nitrogen and oxygen atoms in total. The molecule has 6 heteroatoms. The molecule has 0 saturated carbocycles. The van der Waals surface area contributed by atoms with Crippen molar-refractivity contribution in [3.05, 3.63) is 35.3 Å². The van der Waals surface area contributed by atoms with E-state index in [9.17, 15) is 0 Å². The Labute approximate surface area is 119 Å². The minimum Gasteiger partial charge on any atom is -0.324 e. The SMILES string of the molecule is Cc1csc(CC(N)c2cc(Br)sc2Br)n1. The lowest BCUT2D eigenvalue weighted by atomic mass is 10.1. The zero-order chi connectivity index (χ0) is 11.7. The van der Waals surface area contributed by atoms with Crippen LogP contribution in [0.5, 0.6) is 0 Å². The third-order valence-corrected chi connectivity index (χ3v) is 5.52. The van der Waals surface area contributed by atoms with Gasteiger partial charge in [-0.2, -0.15) is 0 Å². The third-order valence-electron chi connectivity index (χ3n) is 2.14. The van der Waals surface area contributed by atoms with Gasteiger partial charge in [0.2, 0.25) is 0 Å². The van der Waals surface area contributed by atoms with Crippen LogP contribution in [0.4, 0.5) is 0 Å². The first kappa shape index (κ1) is 12.7. The van der Waals surface area contributed by atoms with Crippen LogP contribution in [-0.2, 0) is 6.42 Å². The van der Waals surface area contributed by atoms with E-state index in [2.05, 4.69) is 48.3 Å². The largest absolute Gasteiger partial charge is 0.324 e. The summed E-state index contributed by atoms with van der Waals surface area (Å²) in [6, 6.07) is 2.07. The van der Waals surface area contributed by atoms with Gasteiger partial charge in [0.25, 0.3) is 0 Å². The molecule has 16 heavy (non-hydrogen) atoms. The van der Waals surface area contributed by atoms with Crippen LogP contribution in [0.25, 0.3) is 0 Å². The fraction of sp³-hybridized carbons (Fsp3) is 0.300. The molecule has 0 fully saturated rings. The maximum absolute atomic E-state index is 6.17. The van der Waals surface area contributed by atoms with Crippen molar-refractivity contribution in [3.8, 4) is 0 Å². The van der Waals surface area contributed by atoms with Crippen molar-refractivity contribution in [3.63, 3.8) is 0 Å². The molecule has 0 aliphatic rings. The van der Waals surface area contributed by atoms with Crippen molar-refractivity contribution in [1.29, 1.82) is 0 Å². The molecule has 0 aliphatic carbocycles. The highest BCUT2D eigenvalue weighted by Gasteiger charge is 2.15. The predicted octanol–water partition coefficient (Wildman–Crippen LogP) is 4.28. The van der Waals surface area contributed by atoms with E-state index < -0.39 is 0 Å². The Morgan fingerprint density at radius 3 is 2.75 bits per heavy atom. The lowest BCUT2D eigenvalue weighted by molar-refractivity contribution is 0.717. The van der Waals surface area contributed by atoms with E-state index in [1.165, 1.54) is 0 Å². The summed E-state index contributed by atoms with van der Waals surface area (Å²) in [6.45, 7) is 2.00. The van der Waals surface area contributed by atoms with E-state index >= 15 is 0 Å². The number of nitrogens with two attached hydrogens (primary N) is 1. The Balaban J connectivity index is 2.14. The molecule has 0 aliphatic heterocycles. The average Bonchev–Trinajstić information content (AvgIpc) is 2.73. The van der Waals surface area contributed by atoms with Crippen molar-refractivity contribution in [2.45, 2.75) is 19.4 Å². The van der Waals surface area contributed by atoms with Gasteiger partial charge < -0.3 is 5.73 Å². The zero-order valence-electron chi connectivity index (χ0n) is 8.54. The normalized spacial score (nSPS) is 13.0. The number of hydrogen-bond acceptors (Lipinski definition) is 4. The summed E-state index contributed by atoms with van der Waals surface area (Å²) in [4.78, 5) is 4.43. The van der Waals surface area contributed by atoms with Gasteiger partial charge in [-0.15, -0.1) is 22.7 Å². The van der Waals surface area contributed by atoms with Crippen LogP contribution in [0.1, 0.15) is 22.3 Å². The average molecular weight is 382 g/mol. The predicted molar refractivity (Wildman–Crippen MR) is 77.2 cm³/mol. The van der Waals surface area contributed by atoms with E-state index in [1.807, 2.05) is 6.92 Å². The third kappa shape index (κ3) is 2.92. The van der Waals surface area contributed by atoms with Crippen molar-refractivity contribution < 1.29 is 0 Å². The minimum absolute atomic E-state index is 0.00229. The Hall–Kier alpha value is 0.250. The minimum atomic E-state index is 0.00229. The Morgan fingerprint density at radius 2 is 2.25 bits per heavy atom. The van der Waals surface area contributed by atoms with Gasteiger partial charge in [0.1, 0.15) is 0 Å². The number of halogens is 2. The molecule has 1 atom stereocenters. The number of hydrogen-bond donors (Lipinski definition) is 1. The lowest BCUT2D eigenvalue weighted by Gasteiger charge is -2.08. The van der Waals surface area contributed by atoms with Crippen molar-refractivity contribution in [1.82, 2.24) is 4.98 Å². The Morgan fingerprint density at radius 1 is 1.50 bits per heavy atom. The highest BCUT2D eigenvalue weighted by molar-refractivity contribution is 9.12. The molecule has 0 aromatic carbocycles. The monoisotopic (exact) mass is 380 g/mol. The van der Waals surface area contributed by atoms with Crippen LogP contribution >= 0.6 is 54.5 Å². The second-order valence-corrected chi connectivity index (χ2v) is 8.16. The molecule has 2 rings (SSSR count). The van der Waals surface area contributed by atoms with Gasteiger partial charge in [0.15, 0.2) is 0 Å². The summed E-state index contributed by atoms with van der Waals surface area (Å²) < 4.78 is 2.19. The van der Waals surface area contributed by atoms with Gasteiger partial charge in [-0.05, 0) is 50.4 Å². The van der Waals surface area contributed by atoms with E-state index in [4.69, 9.17) is 5.73 Å². The van der Waals surface area contributed by atoms with Crippen molar-refractivity contribution in [2.75, 3.05) is 0 Å². The van der Waals surface area contributed by atoms with Gasteiger partial charge in [-0.3, -0.25) is 0 Å².